The van der Waals surface area contributed by atoms with E-state index in [4.69, 9.17) is 0 Å². The van der Waals surface area contributed by atoms with Crippen LogP contribution in [0.25, 0.3) is 0 Å². The summed E-state index contributed by atoms with van der Waals surface area (Å²) in [6.45, 7) is 1.47. The molecule has 1 aromatic carbocycles. The molecule has 18 heavy (non-hydrogen) atoms. The lowest BCUT2D eigenvalue weighted by Gasteiger charge is -2.20. The molecule has 0 aliphatic rings. The van der Waals surface area contributed by atoms with Gasteiger partial charge in [0.05, 0.1) is 11.7 Å². The van der Waals surface area contributed by atoms with Crippen LogP contribution in [0, 0.1) is 6.92 Å². The van der Waals surface area contributed by atoms with Crippen LogP contribution in [-0.2, 0) is 6.18 Å². The SMILES string of the molecule is Cc1cc(C(F)(F)F)ccc1C(O)C(O)CCS. The molecule has 6 heteroatoms. The van der Waals surface area contributed by atoms with Gasteiger partial charge in [-0.1, -0.05) is 6.07 Å². The molecule has 0 heterocycles. The maximum Gasteiger partial charge on any atom is 0.416 e. The van der Waals surface area contributed by atoms with Gasteiger partial charge in [-0.25, -0.2) is 0 Å². The van der Waals surface area contributed by atoms with E-state index in [1.165, 1.54) is 13.0 Å². The Balaban J connectivity index is 2.99. The van der Waals surface area contributed by atoms with E-state index in [1.807, 2.05) is 0 Å². The molecule has 0 aliphatic heterocycles. The minimum Gasteiger partial charge on any atom is -0.390 e. The van der Waals surface area contributed by atoms with Crippen LogP contribution in [0.15, 0.2) is 18.2 Å². The molecule has 0 amide bonds. The standard InChI is InChI=1S/C12H15F3O2S/c1-7-6-8(12(13,14)15)2-3-9(7)11(17)10(16)4-5-18/h2-3,6,10-11,16-18H,4-5H2,1H3. The van der Waals surface area contributed by atoms with Crippen molar-refractivity contribution in [3.05, 3.63) is 34.9 Å². The highest BCUT2D eigenvalue weighted by Crippen LogP contribution is 2.32. The molecule has 1 rings (SSSR count). The number of hydrogen-bond donors (Lipinski definition) is 3. The summed E-state index contributed by atoms with van der Waals surface area (Å²) in [6.07, 6.45) is -6.36. The number of rotatable bonds is 4. The van der Waals surface area contributed by atoms with Gasteiger partial charge in [0.1, 0.15) is 6.10 Å². The molecule has 0 spiro atoms. The minimum absolute atomic E-state index is 0.269. The van der Waals surface area contributed by atoms with Crippen LogP contribution >= 0.6 is 12.6 Å². The summed E-state index contributed by atoms with van der Waals surface area (Å²) in [7, 11) is 0. The van der Waals surface area contributed by atoms with Crippen molar-refractivity contribution in [2.45, 2.75) is 31.7 Å². The predicted molar refractivity (Wildman–Crippen MR) is 65.6 cm³/mol. The molecule has 2 atom stereocenters. The van der Waals surface area contributed by atoms with Gasteiger partial charge >= 0.3 is 6.18 Å². The van der Waals surface area contributed by atoms with Crippen molar-refractivity contribution in [1.29, 1.82) is 0 Å². The molecule has 0 saturated heterocycles. The number of halogens is 3. The smallest absolute Gasteiger partial charge is 0.390 e. The third-order valence-corrected chi connectivity index (χ3v) is 2.96. The van der Waals surface area contributed by atoms with Crippen molar-refractivity contribution >= 4 is 12.6 Å². The summed E-state index contributed by atoms with van der Waals surface area (Å²) in [5, 5.41) is 19.4. The fourth-order valence-corrected chi connectivity index (χ4v) is 1.95. The zero-order valence-electron chi connectivity index (χ0n) is 9.78. The molecular weight excluding hydrogens is 265 g/mol. The first-order valence-corrected chi connectivity index (χ1v) is 6.05. The summed E-state index contributed by atoms with van der Waals surface area (Å²) in [5.41, 5.74) is -0.160. The first kappa shape index (κ1) is 15.3. The van der Waals surface area contributed by atoms with Gasteiger partial charge in [-0.05, 0) is 42.4 Å². The maximum absolute atomic E-state index is 12.5. The van der Waals surface area contributed by atoms with Gasteiger partial charge in [-0.2, -0.15) is 25.8 Å². The summed E-state index contributed by atoms with van der Waals surface area (Å²) in [6, 6.07) is 3.06. The lowest BCUT2D eigenvalue weighted by atomic mass is 9.96. The molecule has 2 nitrogen and oxygen atoms in total. The normalized spacial score (nSPS) is 15.5. The van der Waals surface area contributed by atoms with Gasteiger partial charge in [0, 0.05) is 0 Å². The fraction of sp³-hybridized carbons (Fsp3) is 0.500. The van der Waals surface area contributed by atoms with E-state index in [-0.39, 0.29) is 6.42 Å². The second-order valence-corrected chi connectivity index (χ2v) is 4.54. The van der Waals surface area contributed by atoms with Crippen molar-refractivity contribution < 1.29 is 23.4 Å². The molecule has 1 aromatic rings. The summed E-state index contributed by atoms with van der Waals surface area (Å²) < 4.78 is 37.4. The topological polar surface area (TPSA) is 40.5 Å². The van der Waals surface area contributed by atoms with Gasteiger partial charge in [0.15, 0.2) is 0 Å². The van der Waals surface area contributed by atoms with Crippen molar-refractivity contribution in [2.24, 2.45) is 0 Å². The lowest BCUT2D eigenvalue weighted by molar-refractivity contribution is -0.137. The van der Waals surface area contributed by atoms with Crippen molar-refractivity contribution in [2.75, 3.05) is 5.75 Å². The molecule has 0 aliphatic carbocycles. The highest BCUT2D eigenvalue weighted by Gasteiger charge is 2.31. The first-order valence-electron chi connectivity index (χ1n) is 5.42. The van der Waals surface area contributed by atoms with Crippen LogP contribution in [0.4, 0.5) is 13.2 Å². The largest absolute Gasteiger partial charge is 0.416 e. The Labute approximate surface area is 109 Å². The summed E-state index contributed by atoms with van der Waals surface area (Å²) in [5.74, 6) is 0.387. The second kappa shape index (κ2) is 5.95. The molecule has 0 radical (unpaired) electrons. The van der Waals surface area contributed by atoms with E-state index in [2.05, 4.69) is 12.6 Å². The van der Waals surface area contributed by atoms with Gasteiger partial charge in [0.25, 0.3) is 0 Å². The minimum atomic E-state index is -4.40. The Kier molecular flexibility index (Phi) is 5.07. The zero-order chi connectivity index (χ0) is 13.9. The van der Waals surface area contributed by atoms with Crippen LogP contribution in [-0.4, -0.2) is 22.1 Å². The van der Waals surface area contributed by atoms with Crippen molar-refractivity contribution in [1.82, 2.24) is 0 Å². The third-order valence-electron chi connectivity index (χ3n) is 2.71. The first-order chi connectivity index (χ1) is 8.27. The Morgan fingerprint density at radius 3 is 2.33 bits per heavy atom. The van der Waals surface area contributed by atoms with Crippen LogP contribution in [0.5, 0.6) is 0 Å². The van der Waals surface area contributed by atoms with Gasteiger partial charge in [-0.15, -0.1) is 0 Å². The Morgan fingerprint density at radius 2 is 1.89 bits per heavy atom. The Bertz CT molecular complexity index is 407. The van der Waals surface area contributed by atoms with Crippen molar-refractivity contribution in [3.63, 3.8) is 0 Å². The molecule has 0 saturated carbocycles. The van der Waals surface area contributed by atoms with Gasteiger partial charge < -0.3 is 10.2 Å². The Hall–Kier alpha value is -0.720. The zero-order valence-corrected chi connectivity index (χ0v) is 10.7. The number of benzene rings is 1. The Morgan fingerprint density at radius 1 is 1.28 bits per heavy atom. The van der Waals surface area contributed by atoms with Crippen LogP contribution in [0.3, 0.4) is 0 Å². The summed E-state index contributed by atoms with van der Waals surface area (Å²) in [4.78, 5) is 0. The third kappa shape index (κ3) is 3.63. The molecule has 102 valence electrons. The second-order valence-electron chi connectivity index (χ2n) is 4.09. The van der Waals surface area contributed by atoms with E-state index >= 15 is 0 Å². The number of hydrogen-bond acceptors (Lipinski definition) is 3. The predicted octanol–water partition coefficient (Wildman–Crippen LogP) is 2.73. The van der Waals surface area contributed by atoms with Crippen LogP contribution in [0.1, 0.15) is 29.2 Å². The molecule has 0 aromatic heterocycles. The van der Waals surface area contributed by atoms with Gasteiger partial charge in [0.2, 0.25) is 0 Å². The quantitative estimate of drug-likeness (QED) is 0.742. The number of thiol groups is 1. The van der Waals surface area contributed by atoms with Gasteiger partial charge in [-0.3, -0.25) is 0 Å². The van der Waals surface area contributed by atoms with Crippen LogP contribution in [0.2, 0.25) is 0 Å². The lowest BCUT2D eigenvalue weighted by Crippen LogP contribution is -2.20. The van der Waals surface area contributed by atoms with E-state index in [0.29, 0.717) is 16.9 Å². The average Bonchev–Trinajstić information content (AvgIpc) is 2.27. The molecule has 0 bridgehead atoms. The fourth-order valence-electron chi connectivity index (χ4n) is 1.68. The van der Waals surface area contributed by atoms with Crippen LogP contribution < -0.4 is 0 Å². The maximum atomic E-state index is 12.5. The number of aryl methyl sites for hydroxylation is 1. The highest BCUT2D eigenvalue weighted by molar-refractivity contribution is 7.80. The number of aliphatic hydroxyl groups excluding tert-OH is 2. The average molecular weight is 280 g/mol. The number of alkyl halides is 3. The molecule has 0 fully saturated rings. The highest BCUT2D eigenvalue weighted by atomic mass is 32.1. The van der Waals surface area contributed by atoms with Crippen molar-refractivity contribution in [3.8, 4) is 0 Å². The summed E-state index contributed by atoms with van der Waals surface area (Å²) >= 11 is 3.93. The monoisotopic (exact) mass is 280 g/mol. The molecule has 2 unspecified atom stereocenters. The van der Waals surface area contributed by atoms with E-state index in [9.17, 15) is 23.4 Å². The van der Waals surface area contributed by atoms with E-state index in [0.717, 1.165) is 12.1 Å². The molecular formula is C12H15F3O2S. The van der Waals surface area contributed by atoms with E-state index in [1.54, 1.807) is 0 Å². The molecule has 2 N–H and O–H groups in total. The number of aliphatic hydroxyl groups is 2. The van der Waals surface area contributed by atoms with E-state index < -0.39 is 23.9 Å².